The standard InChI is InChI=1S/C22H15F3N4O2/c23-22(24,25)20-18(14-27-29(20)19-8-4-5-13-26-19)21(30)28-15-9-11-17(12-10-15)31-16-6-2-1-3-7-16/h1-14H,(H,28,30). The van der Waals surface area contributed by atoms with E-state index in [0.717, 1.165) is 6.20 Å². The lowest BCUT2D eigenvalue weighted by Gasteiger charge is -2.12. The molecule has 2 heterocycles. The van der Waals surface area contributed by atoms with E-state index < -0.39 is 23.3 Å². The zero-order valence-corrected chi connectivity index (χ0v) is 15.9. The highest BCUT2D eigenvalue weighted by Gasteiger charge is 2.40. The second-order valence-electron chi connectivity index (χ2n) is 6.40. The van der Waals surface area contributed by atoms with Gasteiger partial charge in [0.2, 0.25) is 0 Å². The third-order valence-electron chi connectivity index (χ3n) is 4.24. The molecule has 1 N–H and O–H groups in total. The molecule has 0 fully saturated rings. The van der Waals surface area contributed by atoms with Crippen molar-refractivity contribution in [2.45, 2.75) is 6.18 Å². The first-order valence-corrected chi connectivity index (χ1v) is 9.13. The number of aromatic nitrogens is 3. The summed E-state index contributed by atoms with van der Waals surface area (Å²) >= 11 is 0. The summed E-state index contributed by atoms with van der Waals surface area (Å²) in [5, 5.41) is 6.19. The van der Waals surface area contributed by atoms with Gasteiger partial charge < -0.3 is 10.1 Å². The molecule has 0 atom stereocenters. The molecule has 0 aliphatic rings. The van der Waals surface area contributed by atoms with Crippen LogP contribution in [0.25, 0.3) is 5.82 Å². The van der Waals surface area contributed by atoms with Crippen LogP contribution in [0.3, 0.4) is 0 Å². The van der Waals surface area contributed by atoms with E-state index in [9.17, 15) is 18.0 Å². The van der Waals surface area contributed by atoms with Gasteiger partial charge in [0, 0.05) is 11.9 Å². The number of halogens is 3. The number of anilines is 1. The zero-order chi connectivity index (χ0) is 21.8. The number of carbonyl (C=O) groups is 1. The van der Waals surface area contributed by atoms with Gasteiger partial charge in [-0.2, -0.15) is 18.3 Å². The number of benzene rings is 2. The van der Waals surface area contributed by atoms with E-state index in [2.05, 4.69) is 15.4 Å². The second kappa shape index (κ2) is 8.31. The molecule has 4 rings (SSSR count). The number of hydrogen-bond acceptors (Lipinski definition) is 4. The average molecular weight is 424 g/mol. The van der Waals surface area contributed by atoms with Gasteiger partial charge >= 0.3 is 6.18 Å². The molecule has 0 unspecified atom stereocenters. The van der Waals surface area contributed by atoms with Crippen LogP contribution in [0, 0.1) is 0 Å². The summed E-state index contributed by atoms with van der Waals surface area (Å²) in [6.45, 7) is 0. The molecule has 9 heteroatoms. The van der Waals surface area contributed by atoms with Crippen LogP contribution in [0.5, 0.6) is 11.5 Å². The van der Waals surface area contributed by atoms with Gasteiger partial charge in [-0.25, -0.2) is 9.67 Å². The number of amides is 1. The van der Waals surface area contributed by atoms with E-state index >= 15 is 0 Å². The van der Waals surface area contributed by atoms with Crippen molar-refractivity contribution in [3.05, 3.63) is 96.4 Å². The van der Waals surface area contributed by atoms with E-state index in [-0.39, 0.29) is 5.82 Å². The maximum atomic E-state index is 13.7. The SMILES string of the molecule is O=C(Nc1ccc(Oc2ccccc2)cc1)c1cnn(-c2ccccn2)c1C(F)(F)F. The Balaban J connectivity index is 1.55. The lowest BCUT2D eigenvalue weighted by Crippen LogP contribution is -2.21. The quantitative estimate of drug-likeness (QED) is 0.470. The van der Waals surface area contributed by atoms with Gasteiger partial charge in [0.15, 0.2) is 11.5 Å². The van der Waals surface area contributed by atoms with Crippen LogP contribution < -0.4 is 10.1 Å². The van der Waals surface area contributed by atoms with Crippen molar-refractivity contribution in [3.63, 3.8) is 0 Å². The number of nitrogens with one attached hydrogen (secondary N) is 1. The fourth-order valence-electron chi connectivity index (χ4n) is 2.87. The number of ether oxygens (including phenoxy) is 1. The van der Waals surface area contributed by atoms with Crippen LogP contribution in [0.15, 0.2) is 85.2 Å². The minimum atomic E-state index is -4.81. The first-order valence-electron chi connectivity index (χ1n) is 9.13. The molecular weight excluding hydrogens is 409 g/mol. The van der Waals surface area contributed by atoms with Crippen molar-refractivity contribution in [2.24, 2.45) is 0 Å². The van der Waals surface area contributed by atoms with Crippen LogP contribution in [-0.4, -0.2) is 20.7 Å². The fraction of sp³-hybridized carbons (Fsp3) is 0.0455. The minimum Gasteiger partial charge on any atom is -0.457 e. The van der Waals surface area contributed by atoms with Crippen molar-refractivity contribution in [1.82, 2.24) is 14.8 Å². The van der Waals surface area contributed by atoms with Crippen LogP contribution in [0.4, 0.5) is 18.9 Å². The predicted octanol–water partition coefficient (Wildman–Crippen LogP) is 5.33. The Morgan fingerprint density at radius 2 is 1.58 bits per heavy atom. The molecule has 156 valence electrons. The summed E-state index contributed by atoms with van der Waals surface area (Å²) in [4.78, 5) is 16.5. The second-order valence-corrected chi connectivity index (χ2v) is 6.40. The normalized spacial score (nSPS) is 11.2. The average Bonchev–Trinajstić information content (AvgIpc) is 3.23. The molecule has 4 aromatic rings. The van der Waals surface area contributed by atoms with Gasteiger partial charge in [-0.15, -0.1) is 0 Å². The van der Waals surface area contributed by atoms with Crippen molar-refractivity contribution in [1.29, 1.82) is 0 Å². The monoisotopic (exact) mass is 424 g/mol. The lowest BCUT2D eigenvalue weighted by molar-refractivity contribution is -0.143. The predicted molar refractivity (Wildman–Crippen MR) is 107 cm³/mol. The molecule has 0 saturated heterocycles. The Morgan fingerprint density at radius 3 is 2.23 bits per heavy atom. The van der Waals surface area contributed by atoms with Gasteiger partial charge in [-0.1, -0.05) is 24.3 Å². The highest BCUT2D eigenvalue weighted by molar-refractivity contribution is 6.05. The molecule has 2 aromatic carbocycles. The summed E-state index contributed by atoms with van der Waals surface area (Å²) in [6, 6.07) is 19.8. The first kappa shape index (κ1) is 20.1. The number of alkyl halides is 3. The van der Waals surface area contributed by atoms with Crippen molar-refractivity contribution in [2.75, 3.05) is 5.32 Å². The Kier molecular flexibility index (Phi) is 5.40. The first-order chi connectivity index (χ1) is 14.9. The number of hydrogen-bond donors (Lipinski definition) is 1. The smallest absolute Gasteiger partial charge is 0.434 e. The topological polar surface area (TPSA) is 69.0 Å². The molecule has 0 aliphatic heterocycles. The third kappa shape index (κ3) is 4.55. The van der Waals surface area contributed by atoms with E-state index in [1.807, 2.05) is 18.2 Å². The third-order valence-corrected chi connectivity index (χ3v) is 4.24. The van der Waals surface area contributed by atoms with E-state index in [1.54, 1.807) is 30.3 Å². The fourth-order valence-corrected chi connectivity index (χ4v) is 2.87. The van der Waals surface area contributed by atoms with Crippen molar-refractivity contribution < 1.29 is 22.7 Å². The van der Waals surface area contributed by atoms with Gasteiger partial charge in [0.1, 0.15) is 11.5 Å². The molecule has 2 aromatic heterocycles. The van der Waals surface area contributed by atoms with Crippen LogP contribution in [-0.2, 0) is 6.18 Å². The summed E-state index contributed by atoms with van der Waals surface area (Å²) in [5.41, 5.74) is -1.50. The van der Waals surface area contributed by atoms with Gasteiger partial charge in [-0.05, 0) is 48.5 Å². The van der Waals surface area contributed by atoms with E-state index in [0.29, 0.717) is 21.9 Å². The number of carbonyl (C=O) groups excluding carboxylic acids is 1. The van der Waals surface area contributed by atoms with Crippen molar-refractivity contribution >= 4 is 11.6 Å². The Hall–Kier alpha value is -4.14. The molecule has 0 bridgehead atoms. The maximum Gasteiger partial charge on any atom is 0.434 e. The summed E-state index contributed by atoms with van der Waals surface area (Å²) in [6.07, 6.45) is -2.59. The number of nitrogens with zero attached hydrogens (tertiary/aromatic N) is 3. The number of rotatable bonds is 5. The maximum absolute atomic E-state index is 13.7. The largest absolute Gasteiger partial charge is 0.457 e. The highest BCUT2D eigenvalue weighted by atomic mass is 19.4. The van der Waals surface area contributed by atoms with E-state index in [1.165, 1.54) is 30.5 Å². The van der Waals surface area contributed by atoms with E-state index in [4.69, 9.17) is 4.74 Å². The van der Waals surface area contributed by atoms with Crippen molar-refractivity contribution in [3.8, 4) is 17.3 Å². The molecule has 0 radical (unpaired) electrons. The molecule has 0 saturated carbocycles. The highest BCUT2D eigenvalue weighted by Crippen LogP contribution is 2.33. The molecule has 31 heavy (non-hydrogen) atoms. The Labute approximate surface area is 174 Å². The Bertz CT molecular complexity index is 1180. The number of para-hydroxylation sites is 1. The van der Waals surface area contributed by atoms with Crippen LogP contribution >= 0.6 is 0 Å². The molecular formula is C22H15F3N4O2. The lowest BCUT2D eigenvalue weighted by atomic mass is 10.2. The molecule has 6 nitrogen and oxygen atoms in total. The molecule has 0 aliphatic carbocycles. The summed E-state index contributed by atoms with van der Waals surface area (Å²) < 4.78 is 47.4. The molecule has 1 amide bonds. The summed E-state index contributed by atoms with van der Waals surface area (Å²) in [5.74, 6) is 0.168. The van der Waals surface area contributed by atoms with Crippen LogP contribution in [0.2, 0.25) is 0 Å². The van der Waals surface area contributed by atoms with Gasteiger partial charge in [0.25, 0.3) is 5.91 Å². The minimum absolute atomic E-state index is 0.0451. The summed E-state index contributed by atoms with van der Waals surface area (Å²) in [7, 11) is 0. The van der Waals surface area contributed by atoms with Gasteiger partial charge in [0.05, 0.1) is 11.8 Å². The number of pyridine rings is 1. The zero-order valence-electron chi connectivity index (χ0n) is 15.9. The Morgan fingerprint density at radius 1 is 0.903 bits per heavy atom. The molecule has 0 spiro atoms. The van der Waals surface area contributed by atoms with Gasteiger partial charge in [-0.3, -0.25) is 4.79 Å². The van der Waals surface area contributed by atoms with Crippen LogP contribution in [0.1, 0.15) is 16.1 Å².